The molecule has 3 rings (SSSR count). The number of benzene rings is 2. The molecular weight excluding hydrogens is 508 g/mol. The summed E-state index contributed by atoms with van der Waals surface area (Å²) in [5, 5.41) is 3.15. The Bertz CT molecular complexity index is 1270. The quantitative estimate of drug-likeness (QED) is 0.219. The van der Waals surface area contributed by atoms with E-state index in [1.165, 1.54) is 12.1 Å². The summed E-state index contributed by atoms with van der Waals surface area (Å²) in [5.41, 5.74) is 5.62. The van der Waals surface area contributed by atoms with E-state index in [-0.39, 0.29) is 20.7 Å². The number of rotatable bonds is 13. The van der Waals surface area contributed by atoms with Crippen molar-refractivity contribution in [2.75, 3.05) is 37.2 Å². The number of thiazole rings is 1. The SMILES string of the molecule is CCN(CC)CCCCNS(=O)(=O)c1ccc(Nc2nc(N)c(C(=O)c3c(F)cccc3F)s2)cc1. The Morgan fingerprint density at radius 3 is 2.31 bits per heavy atom. The molecule has 2 aromatic carbocycles. The average Bonchev–Trinajstić information content (AvgIpc) is 3.21. The van der Waals surface area contributed by atoms with E-state index in [0.717, 1.165) is 62.0 Å². The zero-order valence-electron chi connectivity index (χ0n) is 20.1. The van der Waals surface area contributed by atoms with Crippen LogP contribution in [0.3, 0.4) is 0 Å². The van der Waals surface area contributed by atoms with Crippen molar-refractivity contribution in [2.24, 2.45) is 0 Å². The number of carbonyl (C=O) groups is 1. The summed E-state index contributed by atoms with van der Waals surface area (Å²) in [7, 11) is -3.65. The summed E-state index contributed by atoms with van der Waals surface area (Å²) in [5.74, 6) is -3.05. The van der Waals surface area contributed by atoms with Gasteiger partial charge in [-0.1, -0.05) is 31.3 Å². The highest BCUT2D eigenvalue weighted by Gasteiger charge is 2.24. The summed E-state index contributed by atoms with van der Waals surface area (Å²) in [6.45, 7) is 7.41. The van der Waals surface area contributed by atoms with Gasteiger partial charge in [0.2, 0.25) is 15.8 Å². The van der Waals surface area contributed by atoms with Crippen LogP contribution in [0.25, 0.3) is 0 Å². The third-order valence-corrected chi connectivity index (χ3v) is 8.02. The predicted octanol–water partition coefficient (Wildman–Crippen LogP) is 4.38. The Balaban J connectivity index is 1.61. The molecule has 0 bridgehead atoms. The second-order valence-electron chi connectivity index (χ2n) is 7.94. The number of nitrogens with two attached hydrogens (primary N) is 1. The van der Waals surface area contributed by atoms with Gasteiger partial charge in [-0.2, -0.15) is 0 Å². The van der Waals surface area contributed by atoms with E-state index in [9.17, 15) is 22.0 Å². The minimum atomic E-state index is -3.65. The van der Waals surface area contributed by atoms with Crippen LogP contribution in [0.2, 0.25) is 0 Å². The van der Waals surface area contributed by atoms with E-state index in [1.807, 2.05) is 0 Å². The first-order chi connectivity index (χ1) is 17.2. The Hall–Kier alpha value is -2.93. The number of unbranched alkanes of at least 4 members (excludes halogenated alkanes) is 1. The molecule has 0 aliphatic carbocycles. The van der Waals surface area contributed by atoms with Crippen LogP contribution in [0.1, 0.15) is 41.9 Å². The Morgan fingerprint density at radius 1 is 1.06 bits per heavy atom. The minimum absolute atomic E-state index is 0.106. The Morgan fingerprint density at radius 2 is 1.69 bits per heavy atom. The van der Waals surface area contributed by atoms with E-state index in [2.05, 4.69) is 33.8 Å². The lowest BCUT2D eigenvalue weighted by Crippen LogP contribution is -2.27. The molecule has 0 aliphatic heterocycles. The second-order valence-corrected chi connectivity index (χ2v) is 10.7. The van der Waals surface area contributed by atoms with Gasteiger partial charge in [-0.25, -0.2) is 26.9 Å². The monoisotopic (exact) mass is 537 g/mol. The number of nitrogen functional groups attached to an aromatic ring is 1. The van der Waals surface area contributed by atoms with E-state index >= 15 is 0 Å². The molecule has 194 valence electrons. The van der Waals surface area contributed by atoms with Gasteiger partial charge in [-0.05, 0) is 68.9 Å². The molecule has 4 N–H and O–H groups in total. The van der Waals surface area contributed by atoms with Crippen molar-refractivity contribution in [3.63, 3.8) is 0 Å². The fraction of sp³-hybridized carbons (Fsp3) is 0.333. The summed E-state index contributed by atoms with van der Waals surface area (Å²) in [6, 6.07) is 9.12. The zero-order valence-corrected chi connectivity index (χ0v) is 21.7. The number of ketones is 1. The molecule has 0 unspecified atom stereocenters. The number of sulfonamides is 1. The molecule has 36 heavy (non-hydrogen) atoms. The first-order valence-corrected chi connectivity index (χ1v) is 13.8. The molecule has 12 heteroatoms. The Labute approximate surface area is 213 Å². The van der Waals surface area contributed by atoms with Gasteiger partial charge in [-0.15, -0.1) is 0 Å². The molecule has 3 aromatic rings. The normalized spacial score (nSPS) is 11.7. The maximum absolute atomic E-state index is 14.0. The van der Waals surface area contributed by atoms with Crippen LogP contribution in [0.15, 0.2) is 47.4 Å². The van der Waals surface area contributed by atoms with E-state index in [1.54, 1.807) is 12.1 Å². The summed E-state index contributed by atoms with van der Waals surface area (Å²) in [6.07, 6.45) is 1.64. The maximum Gasteiger partial charge on any atom is 0.240 e. The van der Waals surface area contributed by atoms with Crippen molar-refractivity contribution < 1.29 is 22.0 Å². The summed E-state index contributed by atoms with van der Waals surface area (Å²) >= 11 is 0.841. The van der Waals surface area contributed by atoms with E-state index < -0.39 is 33.0 Å². The van der Waals surface area contributed by atoms with Crippen molar-refractivity contribution in [3.05, 3.63) is 64.5 Å². The smallest absolute Gasteiger partial charge is 0.240 e. The molecule has 1 aromatic heterocycles. The van der Waals surface area contributed by atoms with E-state index in [0.29, 0.717) is 12.2 Å². The number of anilines is 3. The van der Waals surface area contributed by atoms with Crippen LogP contribution in [0.4, 0.5) is 25.4 Å². The van der Waals surface area contributed by atoms with Gasteiger partial charge in [0, 0.05) is 12.2 Å². The number of nitrogens with one attached hydrogen (secondary N) is 2. The molecule has 0 saturated heterocycles. The topological polar surface area (TPSA) is 117 Å². The largest absolute Gasteiger partial charge is 0.382 e. The average molecular weight is 538 g/mol. The van der Waals surface area contributed by atoms with Crippen LogP contribution in [-0.2, 0) is 10.0 Å². The van der Waals surface area contributed by atoms with Gasteiger partial charge in [0.1, 0.15) is 22.3 Å². The molecule has 8 nitrogen and oxygen atoms in total. The first-order valence-electron chi connectivity index (χ1n) is 11.5. The molecule has 0 fully saturated rings. The van der Waals surface area contributed by atoms with Crippen LogP contribution in [-0.4, -0.2) is 50.3 Å². The maximum atomic E-state index is 14.0. The lowest BCUT2D eigenvalue weighted by atomic mass is 10.1. The number of aromatic nitrogens is 1. The van der Waals surface area contributed by atoms with Crippen LogP contribution >= 0.6 is 11.3 Å². The van der Waals surface area contributed by atoms with Crippen LogP contribution < -0.4 is 15.8 Å². The fourth-order valence-electron chi connectivity index (χ4n) is 3.51. The highest BCUT2D eigenvalue weighted by molar-refractivity contribution is 7.89. The van der Waals surface area contributed by atoms with Crippen molar-refractivity contribution in [1.29, 1.82) is 0 Å². The van der Waals surface area contributed by atoms with Gasteiger partial charge >= 0.3 is 0 Å². The molecule has 0 amide bonds. The van der Waals surface area contributed by atoms with Gasteiger partial charge in [0.05, 0.1) is 10.5 Å². The third-order valence-electron chi connectivity index (χ3n) is 5.55. The molecule has 0 radical (unpaired) electrons. The molecule has 0 aliphatic rings. The van der Waals surface area contributed by atoms with E-state index in [4.69, 9.17) is 5.73 Å². The lowest BCUT2D eigenvalue weighted by Gasteiger charge is -2.17. The van der Waals surface area contributed by atoms with Gasteiger partial charge < -0.3 is 16.0 Å². The third kappa shape index (κ3) is 6.84. The highest BCUT2D eigenvalue weighted by Crippen LogP contribution is 2.31. The number of hydrogen-bond acceptors (Lipinski definition) is 8. The zero-order chi connectivity index (χ0) is 26.3. The molecule has 0 atom stereocenters. The predicted molar refractivity (Wildman–Crippen MR) is 138 cm³/mol. The number of halogens is 2. The van der Waals surface area contributed by atoms with Crippen molar-refractivity contribution in [3.8, 4) is 0 Å². The van der Waals surface area contributed by atoms with Crippen molar-refractivity contribution in [1.82, 2.24) is 14.6 Å². The standard InChI is InChI=1S/C24H29F2N5O3S2/c1-3-31(4-2)15-6-5-14-28-36(33,34)17-12-10-16(11-13-17)29-24-30-23(27)22(35-24)21(32)20-18(25)8-7-9-19(20)26/h7-13,28H,3-6,14-15,27H2,1-2H3,(H,29,30). The number of hydrogen-bond donors (Lipinski definition) is 3. The number of nitrogens with zero attached hydrogens (tertiary/aromatic N) is 2. The first kappa shape index (κ1) is 27.7. The molecule has 0 spiro atoms. The van der Waals surface area contributed by atoms with Gasteiger partial charge in [0.25, 0.3) is 0 Å². The minimum Gasteiger partial charge on any atom is -0.382 e. The fourth-order valence-corrected chi connectivity index (χ4v) is 5.43. The van der Waals surface area contributed by atoms with Crippen LogP contribution in [0.5, 0.6) is 0 Å². The van der Waals surface area contributed by atoms with Gasteiger partial charge in [0.15, 0.2) is 5.13 Å². The lowest BCUT2D eigenvalue weighted by molar-refractivity contribution is 0.103. The van der Waals surface area contributed by atoms with Crippen LogP contribution in [0, 0.1) is 11.6 Å². The van der Waals surface area contributed by atoms with Gasteiger partial charge in [-0.3, -0.25) is 4.79 Å². The van der Waals surface area contributed by atoms with Crippen molar-refractivity contribution in [2.45, 2.75) is 31.6 Å². The molecule has 1 heterocycles. The molecule has 0 saturated carbocycles. The highest BCUT2D eigenvalue weighted by atomic mass is 32.2. The number of carbonyl (C=O) groups excluding carboxylic acids is 1. The second kappa shape index (κ2) is 12.3. The summed E-state index contributed by atoms with van der Waals surface area (Å²) in [4.78, 5) is 19.0. The molecular formula is C24H29F2N5O3S2. The summed E-state index contributed by atoms with van der Waals surface area (Å²) < 4.78 is 55.7. The Kier molecular flexibility index (Phi) is 9.49. The van der Waals surface area contributed by atoms with Crippen molar-refractivity contribution >= 4 is 43.8 Å².